The van der Waals surface area contributed by atoms with Gasteiger partial charge in [0.05, 0.1) is 18.1 Å². The van der Waals surface area contributed by atoms with Crippen LogP contribution in [0.1, 0.15) is 92.9 Å². The predicted molar refractivity (Wildman–Crippen MR) is 174 cm³/mol. The first-order valence-electron chi connectivity index (χ1n) is 16.2. The highest BCUT2D eigenvalue weighted by atomic mass is 32.2. The number of terminal acetylenes is 1. The molecule has 3 fully saturated rings. The van der Waals surface area contributed by atoms with Crippen LogP contribution in [0.3, 0.4) is 0 Å². The summed E-state index contributed by atoms with van der Waals surface area (Å²) in [6.45, 7) is 11.9. The van der Waals surface area contributed by atoms with E-state index in [0.717, 1.165) is 38.5 Å². The molecule has 0 aromatic carbocycles. The number of ketones is 1. The molecule has 5 amide bonds. The van der Waals surface area contributed by atoms with Gasteiger partial charge in [-0.2, -0.15) is 0 Å². The van der Waals surface area contributed by atoms with E-state index in [1.54, 1.807) is 11.2 Å². The SMILES string of the molecule is C#CCNC(=O)C(=O)C(CCCC)NC(=O)[C@@H]1C2C(CN1C(=O)[C@@H](NC(=O)NC1(CS(C)=O)CCCCC1)C(C)(C)C)C2(C)C. The van der Waals surface area contributed by atoms with Crippen LogP contribution in [0, 0.1) is 35.0 Å². The Morgan fingerprint density at radius 3 is 2.27 bits per heavy atom. The van der Waals surface area contributed by atoms with Crippen molar-refractivity contribution in [1.82, 2.24) is 26.2 Å². The van der Waals surface area contributed by atoms with Gasteiger partial charge in [0.25, 0.3) is 5.91 Å². The molecule has 2 saturated carbocycles. The Balaban J connectivity index is 1.83. The summed E-state index contributed by atoms with van der Waals surface area (Å²) in [5.41, 5.74) is -1.47. The maximum atomic E-state index is 14.3. The highest BCUT2D eigenvalue weighted by Crippen LogP contribution is 2.65. The lowest BCUT2D eigenvalue weighted by atomic mass is 9.83. The third-order valence-electron chi connectivity index (χ3n) is 9.87. The third-order valence-corrected chi connectivity index (χ3v) is 10.8. The number of piperidine rings is 1. The van der Waals surface area contributed by atoms with Crippen LogP contribution >= 0.6 is 0 Å². The lowest BCUT2D eigenvalue weighted by molar-refractivity contribution is -0.145. The first kappa shape index (κ1) is 36.5. The van der Waals surface area contributed by atoms with Crippen LogP contribution in [0.2, 0.25) is 0 Å². The first-order valence-corrected chi connectivity index (χ1v) is 18.0. The van der Waals surface area contributed by atoms with E-state index >= 15 is 0 Å². The van der Waals surface area contributed by atoms with E-state index in [-0.39, 0.29) is 36.1 Å². The molecular formula is C33H53N5O6S. The fraction of sp³-hybridized carbons (Fsp3) is 0.788. The van der Waals surface area contributed by atoms with Crippen LogP contribution in [-0.4, -0.2) is 87.4 Å². The standard InChI is InChI=1S/C33H53N5O6S/c1-9-11-15-22(25(39)28(41)34-18-10-2)35-27(40)24-23-21(32(23,6)7)19-38(24)29(42)26(31(3,4)5)36-30(43)37-33(20-45(8)44)16-13-12-14-17-33/h2,21-24,26H,9,11-20H2,1,3-8H3,(H,34,41)(H,35,40)(H2,36,37,43)/t21?,22?,23?,24-,26+,45?/m0/s1. The lowest BCUT2D eigenvalue weighted by Gasteiger charge is -2.40. The number of nitrogens with zero attached hydrogens (tertiary/aromatic N) is 1. The van der Waals surface area contributed by atoms with Gasteiger partial charge in [-0.05, 0) is 41.9 Å². The Bertz CT molecular complexity index is 1210. The lowest BCUT2D eigenvalue weighted by Crippen LogP contribution is -2.63. The number of amides is 5. The number of carbonyl (C=O) groups excluding carboxylic acids is 5. The normalized spacial score (nSPS) is 25.0. The van der Waals surface area contributed by atoms with Gasteiger partial charge in [0.1, 0.15) is 12.1 Å². The van der Waals surface area contributed by atoms with Gasteiger partial charge in [0, 0.05) is 29.4 Å². The second kappa shape index (κ2) is 14.7. The van der Waals surface area contributed by atoms with Crippen molar-refractivity contribution in [2.24, 2.45) is 22.7 Å². The molecule has 0 aromatic heterocycles. The molecule has 2 aliphatic carbocycles. The minimum atomic E-state index is -1.11. The Morgan fingerprint density at radius 1 is 1.07 bits per heavy atom. The van der Waals surface area contributed by atoms with Crippen molar-refractivity contribution in [3.05, 3.63) is 0 Å². The fourth-order valence-electron chi connectivity index (χ4n) is 7.27. The molecule has 3 aliphatic rings. The van der Waals surface area contributed by atoms with Crippen LogP contribution in [0.4, 0.5) is 4.79 Å². The molecule has 6 atom stereocenters. The topological polar surface area (TPSA) is 154 Å². The summed E-state index contributed by atoms with van der Waals surface area (Å²) in [5, 5.41) is 11.2. The average Bonchev–Trinajstić information content (AvgIpc) is 3.27. The molecule has 3 rings (SSSR count). The molecule has 11 nitrogen and oxygen atoms in total. The molecule has 4 N–H and O–H groups in total. The van der Waals surface area contributed by atoms with E-state index in [1.165, 1.54) is 0 Å². The number of unbranched alkanes of at least 4 members (excludes halogenated alkanes) is 1. The van der Waals surface area contributed by atoms with E-state index in [2.05, 4.69) is 41.0 Å². The van der Waals surface area contributed by atoms with Crippen LogP contribution < -0.4 is 21.3 Å². The number of urea groups is 1. The first-order chi connectivity index (χ1) is 21.0. The Labute approximate surface area is 271 Å². The average molecular weight is 648 g/mol. The summed E-state index contributed by atoms with van der Waals surface area (Å²) >= 11 is 0. The van der Waals surface area contributed by atoms with E-state index in [9.17, 15) is 28.2 Å². The number of fused-ring (bicyclic) bond motifs is 1. The van der Waals surface area contributed by atoms with Crippen molar-refractivity contribution in [3.8, 4) is 12.3 Å². The summed E-state index contributed by atoms with van der Waals surface area (Å²) in [5.74, 6) is 0.0824. The van der Waals surface area contributed by atoms with Gasteiger partial charge in [-0.15, -0.1) is 6.42 Å². The number of nitrogens with one attached hydrogen (secondary N) is 4. The summed E-state index contributed by atoms with van der Waals surface area (Å²) in [6.07, 6.45) is 12.9. The zero-order valence-corrected chi connectivity index (χ0v) is 28.9. The molecule has 0 bridgehead atoms. The Kier molecular flexibility index (Phi) is 11.9. The predicted octanol–water partition coefficient (Wildman–Crippen LogP) is 2.26. The van der Waals surface area contributed by atoms with Crippen molar-refractivity contribution in [3.63, 3.8) is 0 Å². The number of Topliss-reactive ketones (excluding diaryl/α,β-unsaturated/α-hetero) is 1. The van der Waals surface area contributed by atoms with Crippen molar-refractivity contribution in [1.29, 1.82) is 0 Å². The molecule has 45 heavy (non-hydrogen) atoms. The number of hydrogen-bond acceptors (Lipinski definition) is 6. The smallest absolute Gasteiger partial charge is 0.315 e. The second-order valence-electron chi connectivity index (χ2n) is 14.8. The maximum Gasteiger partial charge on any atom is 0.315 e. The van der Waals surface area contributed by atoms with Gasteiger partial charge >= 0.3 is 6.03 Å². The molecule has 0 aromatic rings. The molecule has 12 heteroatoms. The van der Waals surface area contributed by atoms with Gasteiger partial charge in [-0.1, -0.05) is 79.6 Å². The number of carbonyl (C=O) groups is 5. The fourth-order valence-corrected chi connectivity index (χ4v) is 8.41. The van der Waals surface area contributed by atoms with Crippen molar-refractivity contribution in [2.45, 2.75) is 117 Å². The van der Waals surface area contributed by atoms with Gasteiger partial charge in [0.15, 0.2) is 0 Å². The summed E-state index contributed by atoms with van der Waals surface area (Å²) in [6, 6.07) is -3.35. The van der Waals surface area contributed by atoms with Crippen LogP contribution in [-0.2, 0) is 30.0 Å². The molecule has 1 heterocycles. The van der Waals surface area contributed by atoms with E-state index in [0.29, 0.717) is 18.7 Å². The molecule has 1 saturated heterocycles. The van der Waals surface area contributed by atoms with Gasteiger partial charge in [-0.25, -0.2) is 4.79 Å². The quantitative estimate of drug-likeness (QED) is 0.178. The van der Waals surface area contributed by atoms with E-state index in [4.69, 9.17) is 6.42 Å². The van der Waals surface area contributed by atoms with Crippen molar-refractivity contribution < 1.29 is 28.2 Å². The highest BCUT2D eigenvalue weighted by molar-refractivity contribution is 7.84. The maximum absolute atomic E-state index is 14.3. The Morgan fingerprint density at radius 2 is 1.71 bits per heavy atom. The summed E-state index contributed by atoms with van der Waals surface area (Å²) < 4.78 is 12.2. The zero-order valence-electron chi connectivity index (χ0n) is 28.0. The number of likely N-dealkylation sites (tertiary alicyclic amines) is 1. The molecule has 0 radical (unpaired) electrons. The molecule has 1 aliphatic heterocycles. The van der Waals surface area contributed by atoms with Gasteiger partial charge < -0.3 is 26.2 Å². The van der Waals surface area contributed by atoms with Gasteiger partial charge in [-0.3, -0.25) is 23.4 Å². The molecule has 0 spiro atoms. The van der Waals surface area contributed by atoms with Crippen molar-refractivity contribution >= 4 is 40.3 Å². The van der Waals surface area contributed by atoms with Crippen LogP contribution in [0.15, 0.2) is 0 Å². The third kappa shape index (κ3) is 8.66. The van der Waals surface area contributed by atoms with E-state index < -0.39 is 63.5 Å². The second-order valence-corrected chi connectivity index (χ2v) is 16.2. The van der Waals surface area contributed by atoms with Gasteiger partial charge in [0.2, 0.25) is 17.6 Å². The van der Waals surface area contributed by atoms with Crippen molar-refractivity contribution in [2.75, 3.05) is 25.1 Å². The zero-order chi connectivity index (χ0) is 33.7. The molecule has 4 unspecified atom stereocenters. The highest BCUT2D eigenvalue weighted by Gasteiger charge is 2.70. The van der Waals surface area contributed by atoms with Crippen LogP contribution in [0.5, 0.6) is 0 Å². The minimum absolute atomic E-state index is 0.0837. The number of rotatable bonds is 13. The molecule has 252 valence electrons. The minimum Gasteiger partial charge on any atom is -0.344 e. The Hall–Kier alpha value is -2.94. The van der Waals surface area contributed by atoms with Crippen LogP contribution in [0.25, 0.3) is 0 Å². The summed E-state index contributed by atoms with van der Waals surface area (Å²) in [7, 11) is -1.11. The largest absolute Gasteiger partial charge is 0.344 e. The monoisotopic (exact) mass is 647 g/mol. The molecular weight excluding hydrogens is 594 g/mol. The van der Waals surface area contributed by atoms with E-state index in [1.807, 2.05) is 27.7 Å². The number of hydrogen-bond donors (Lipinski definition) is 4. The summed E-state index contributed by atoms with van der Waals surface area (Å²) in [4.78, 5) is 68.7.